The van der Waals surface area contributed by atoms with Crippen LogP contribution in [-0.4, -0.2) is 119 Å². The molecule has 2 aromatic heterocycles. The van der Waals surface area contributed by atoms with Gasteiger partial charge in [-0.25, -0.2) is 9.97 Å². The van der Waals surface area contributed by atoms with Crippen LogP contribution in [-0.2, 0) is 33.4 Å². The molecule has 2 unspecified atom stereocenters. The van der Waals surface area contributed by atoms with Crippen LogP contribution in [0.5, 0.6) is 0 Å². The van der Waals surface area contributed by atoms with E-state index in [2.05, 4.69) is 30.4 Å². The number of carboxylic acids is 1. The first-order chi connectivity index (χ1) is 36.0. The van der Waals surface area contributed by atoms with Crippen molar-refractivity contribution in [1.29, 1.82) is 0 Å². The SMILES string of the molecule is C.COC(=O)CC(NC(=O)[C@H](CC(C)C)n1cnc2ccccc2c1=O)c1ccc(C)c(N2CCOCC2)c1.Cc1ccc(C(CC(=O)O)NC(=O)[C@H](CC(C)C)n2cnc3ccccc3c2=O)cc1N1CCOCC1.O.[Li+].[OH-]. The van der Waals surface area contributed by atoms with E-state index >= 15 is 0 Å². The van der Waals surface area contributed by atoms with Crippen LogP contribution in [0.2, 0.25) is 0 Å². The normalized spacial score (nSPS) is 14.6. The van der Waals surface area contributed by atoms with Gasteiger partial charge in [-0.05, 0) is 97.2 Å². The maximum atomic E-state index is 13.8. The number of hydrogen-bond donors (Lipinski definition) is 3. The number of amides is 2. The van der Waals surface area contributed by atoms with Gasteiger partial charge in [0.25, 0.3) is 11.1 Å². The number of para-hydroxylation sites is 2. The molecule has 422 valence electrons. The average Bonchev–Trinajstić information content (AvgIpc) is 3.41. The zero-order chi connectivity index (χ0) is 53.8. The molecule has 0 aliphatic carbocycles. The summed E-state index contributed by atoms with van der Waals surface area (Å²) < 4.78 is 18.7. The molecule has 6 N–H and O–H groups in total. The summed E-state index contributed by atoms with van der Waals surface area (Å²) in [7, 11) is 1.33. The fraction of sp³-hybridized carbons (Fsp3) is 0.448. The van der Waals surface area contributed by atoms with Crippen molar-refractivity contribution in [2.24, 2.45) is 11.8 Å². The number of carbonyl (C=O) groups excluding carboxylic acids is 3. The maximum Gasteiger partial charge on any atom is 1.00 e. The molecule has 0 bridgehead atoms. The van der Waals surface area contributed by atoms with Crippen LogP contribution >= 0.6 is 0 Å². The number of rotatable bonds is 18. The number of ether oxygens (including phenoxy) is 3. The van der Waals surface area contributed by atoms with Gasteiger partial charge in [0.15, 0.2) is 0 Å². The van der Waals surface area contributed by atoms with Crippen molar-refractivity contribution in [1.82, 2.24) is 29.7 Å². The largest absolute Gasteiger partial charge is 1.00 e. The van der Waals surface area contributed by atoms with Crippen molar-refractivity contribution >= 4 is 56.9 Å². The van der Waals surface area contributed by atoms with Crippen LogP contribution in [0.4, 0.5) is 11.4 Å². The molecule has 2 amide bonds. The Labute approximate surface area is 473 Å². The number of fused-ring (bicyclic) bond motifs is 2. The van der Waals surface area contributed by atoms with Crippen LogP contribution in [0, 0.1) is 25.7 Å². The van der Waals surface area contributed by atoms with Gasteiger partial charge in [-0.1, -0.05) is 83.7 Å². The first-order valence-electron chi connectivity index (χ1n) is 25.7. The van der Waals surface area contributed by atoms with E-state index in [1.807, 2.05) is 84.0 Å². The molecule has 2 aliphatic heterocycles. The smallest absolute Gasteiger partial charge is 0.870 e. The van der Waals surface area contributed by atoms with E-state index in [4.69, 9.17) is 14.2 Å². The van der Waals surface area contributed by atoms with E-state index in [0.29, 0.717) is 66.6 Å². The Kier molecular flexibility index (Phi) is 26.1. The van der Waals surface area contributed by atoms with Gasteiger partial charge in [-0.2, -0.15) is 0 Å². The van der Waals surface area contributed by atoms with E-state index in [1.54, 1.807) is 42.5 Å². The number of aromatic nitrogens is 4. The summed E-state index contributed by atoms with van der Waals surface area (Å²) in [6, 6.07) is 22.8. The number of aryl methyl sites for hydroxylation is 2. The van der Waals surface area contributed by atoms with Gasteiger partial charge in [0.2, 0.25) is 11.8 Å². The number of nitrogens with zero attached hydrogens (tertiary/aromatic N) is 6. The Bertz CT molecular complexity index is 3100. The van der Waals surface area contributed by atoms with Gasteiger partial charge in [0, 0.05) is 37.6 Å². The minimum Gasteiger partial charge on any atom is -0.870 e. The molecule has 2 fully saturated rings. The Balaban J connectivity index is 0.000000395. The topological polar surface area (TPSA) is 278 Å². The molecule has 0 saturated carbocycles. The van der Waals surface area contributed by atoms with E-state index in [0.717, 1.165) is 54.2 Å². The molecule has 0 spiro atoms. The summed E-state index contributed by atoms with van der Waals surface area (Å²) in [4.78, 5) is 91.5. The number of carboxylic acid groups (broad SMARTS) is 1. The molecule has 2 aliphatic rings. The van der Waals surface area contributed by atoms with E-state index in [-0.39, 0.29) is 78.9 Å². The predicted molar refractivity (Wildman–Crippen MR) is 300 cm³/mol. The molecule has 6 aromatic rings. The van der Waals surface area contributed by atoms with E-state index < -0.39 is 42.0 Å². The van der Waals surface area contributed by atoms with Crippen molar-refractivity contribution in [3.63, 3.8) is 0 Å². The van der Waals surface area contributed by atoms with Gasteiger partial charge in [0.05, 0.1) is 92.9 Å². The summed E-state index contributed by atoms with van der Waals surface area (Å²) in [5, 5.41) is 16.5. The molecular weight excluding hydrogens is 1010 g/mol. The Morgan fingerprint density at radius 1 is 0.633 bits per heavy atom. The second-order valence-electron chi connectivity index (χ2n) is 20.0. The van der Waals surface area contributed by atoms with Crippen molar-refractivity contribution < 1.29 is 68.3 Å². The molecule has 20 nitrogen and oxygen atoms in total. The number of anilines is 2. The first kappa shape index (κ1) is 66.4. The Morgan fingerprint density at radius 2 is 1.01 bits per heavy atom. The molecule has 21 heteroatoms. The third-order valence-corrected chi connectivity index (χ3v) is 13.6. The van der Waals surface area contributed by atoms with Crippen LogP contribution in [0.15, 0.2) is 107 Å². The second kappa shape index (κ2) is 31.0. The van der Waals surface area contributed by atoms with Crippen molar-refractivity contribution in [2.75, 3.05) is 69.5 Å². The number of nitrogens with one attached hydrogen (secondary N) is 2. The number of morpholine rings is 2. The summed E-state index contributed by atoms with van der Waals surface area (Å²) in [5.74, 6) is -1.97. The van der Waals surface area contributed by atoms with Crippen molar-refractivity contribution in [2.45, 2.75) is 98.8 Å². The van der Waals surface area contributed by atoms with Crippen LogP contribution in [0.25, 0.3) is 21.8 Å². The van der Waals surface area contributed by atoms with E-state index in [9.17, 15) is 33.9 Å². The standard InChI is InChI=1S/C29H36N4O5.C28H34N4O5.CH4.Li.2H2O/c1-19(2)15-26(33-18-30-23-8-6-5-7-22(23)29(33)36)28(35)31-24(17-27(34)37-4)21-10-9-20(3)25(16-21)32-11-13-38-14-12-32;1-18(2)14-25(32-17-29-22-7-5-4-6-21(22)28(32)36)27(35)30-23(16-26(33)34)20-9-8-19(3)24(15-20)31-10-12-37-13-11-31;;;;/h5-10,16,18-19,24,26H,11-15,17H2,1-4H3,(H,31,35);4-9,15,17-18,23,25H,10-14,16H2,1-3H3,(H,30,35)(H,33,34);1H4;;2*1H2/q;;;+1;;/p-1/t24?,26-;23?,25-;;;;/m00..../s1. The summed E-state index contributed by atoms with van der Waals surface area (Å²) >= 11 is 0. The quantitative estimate of drug-likeness (QED) is 0.0819. The van der Waals surface area contributed by atoms with Gasteiger partial charge in [-0.15, -0.1) is 0 Å². The minimum atomic E-state index is -1.02. The van der Waals surface area contributed by atoms with E-state index in [1.165, 1.54) is 28.9 Å². The Hall–Kier alpha value is -6.92. The predicted octanol–water partition coefficient (Wildman–Crippen LogP) is 3.65. The fourth-order valence-electron chi connectivity index (χ4n) is 9.64. The van der Waals surface area contributed by atoms with Gasteiger partial charge < -0.3 is 50.7 Å². The second-order valence-corrected chi connectivity index (χ2v) is 20.0. The monoisotopic (exact) mass is 1080 g/mol. The zero-order valence-electron chi connectivity index (χ0n) is 45.9. The van der Waals surface area contributed by atoms with Gasteiger partial charge in [-0.3, -0.25) is 37.9 Å². The summed E-state index contributed by atoms with van der Waals surface area (Å²) in [6.07, 6.45) is 3.37. The third kappa shape index (κ3) is 17.0. The van der Waals surface area contributed by atoms with Crippen molar-refractivity contribution in [3.8, 4) is 0 Å². The average molecular weight is 1090 g/mol. The molecule has 8 rings (SSSR count). The molecule has 0 radical (unpaired) electrons. The number of carbonyl (C=O) groups is 4. The van der Waals surface area contributed by atoms with Crippen molar-refractivity contribution in [3.05, 3.63) is 141 Å². The number of methoxy groups -OCH3 is 1. The molecule has 4 aromatic carbocycles. The first-order valence-corrected chi connectivity index (χ1v) is 25.7. The summed E-state index contributed by atoms with van der Waals surface area (Å²) in [6.45, 7) is 17.6. The van der Waals surface area contributed by atoms with Crippen LogP contribution in [0.3, 0.4) is 0 Å². The zero-order valence-corrected chi connectivity index (χ0v) is 45.9. The molecular formula is C58H77LiN8O12. The maximum absolute atomic E-state index is 13.8. The molecule has 4 heterocycles. The number of benzene rings is 4. The molecule has 79 heavy (non-hydrogen) atoms. The summed E-state index contributed by atoms with van der Waals surface area (Å²) in [5.41, 5.74) is 6.28. The van der Waals surface area contributed by atoms with Crippen LogP contribution in [0.1, 0.15) is 107 Å². The van der Waals surface area contributed by atoms with Crippen LogP contribution < -0.4 is 50.4 Å². The number of hydrogen-bond acceptors (Lipinski definition) is 14. The number of esters is 1. The Morgan fingerprint density at radius 3 is 1.38 bits per heavy atom. The number of aliphatic carboxylic acids is 1. The molecule has 4 atom stereocenters. The third-order valence-electron chi connectivity index (χ3n) is 13.6. The fourth-order valence-corrected chi connectivity index (χ4v) is 9.64. The van der Waals surface area contributed by atoms with Gasteiger partial charge >= 0.3 is 30.8 Å². The minimum absolute atomic E-state index is 0. The van der Waals surface area contributed by atoms with Gasteiger partial charge in [0.1, 0.15) is 12.1 Å². The molecule has 2 saturated heterocycles.